The minimum Gasteiger partial charge on any atom is -0.459 e. The van der Waals surface area contributed by atoms with Crippen molar-refractivity contribution >= 4 is 32.2 Å². The standard InChI is InChI=1S/C14H23F4NO11S2/c1-4-12(2,3)30-9-19(5-7-28-10(20)13(15,16)31(22,23)24)6-8-29-11(21)14(17,18)32(25,26)27/h4-9H2,1-3H3,(H,22,23,24)(H,25,26,27). The topological polar surface area (TPSA) is 174 Å². The lowest BCUT2D eigenvalue weighted by Crippen LogP contribution is -2.42. The van der Waals surface area contributed by atoms with E-state index in [1.165, 1.54) is 0 Å². The number of ether oxygens (including phenoxy) is 3. The fourth-order valence-electron chi connectivity index (χ4n) is 1.52. The third kappa shape index (κ3) is 8.74. The Morgan fingerprint density at radius 2 is 1.19 bits per heavy atom. The van der Waals surface area contributed by atoms with Gasteiger partial charge in [0.2, 0.25) is 0 Å². The van der Waals surface area contributed by atoms with Gasteiger partial charge in [-0.2, -0.15) is 34.4 Å². The van der Waals surface area contributed by atoms with Crippen molar-refractivity contribution < 1.29 is 67.3 Å². The molecule has 0 aliphatic heterocycles. The molecule has 32 heavy (non-hydrogen) atoms. The summed E-state index contributed by atoms with van der Waals surface area (Å²) in [5.41, 5.74) is -0.721. The maximum Gasteiger partial charge on any atom is 0.465 e. The van der Waals surface area contributed by atoms with Crippen LogP contribution in [0.2, 0.25) is 0 Å². The molecule has 0 radical (unpaired) electrons. The van der Waals surface area contributed by atoms with Crippen molar-refractivity contribution in [1.82, 2.24) is 4.90 Å². The highest BCUT2D eigenvalue weighted by atomic mass is 32.2. The summed E-state index contributed by atoms with van der Waals surface area (Å²) in [6, 6.07) is 0. The van der Waals surface area contributed by atoms with Gasteiger partial charge in [-0.3, -0.25) is 14.0 Å². The Hall–Kier alpha value is -1.60. The molecule has 0 aromatic rings. The largest absolute Gasteiger partial charge is 0.465 e. The van der Waals surface area contributed by atoms with Gasteiger partial charge >= 0.3 is 42.7 Å². The fourth-order valence-corrected chi connectivity index (χ4v) is 2.06. The predicted octanol–water partition coefficient (Wildman–Crippen LogP) is 0.499. The molecule has 0 saturated carbocycles. The van der Waals surface area contributed by atoms with Crippen LogP contribution in [0.5, 0.6) is 0 Å². The summed E-state index contributed by atoms with van der Waals surface area (Å²) in [5.74, 6) is -5.15. The van der Waals surface area contributed by atoms with Crippen LogP contribution in [-0.4, -0.2) is 91.9 Å². The van der Waals surface area contributed by atoms with E-state index in [1.54, 1.807) is 20.8 Å². The molecule has 0 amide bonds. The molecule has 0 saturated heterocycles. The molecule has 0 heterocycles. The summed E-state index contributed by atoms with van der Waals surface area (Å²) in [7, 11) is -12.2. The summed E-state index contributed by atoms with van der Waals surface area (Å²) in [5, 5.41) is -10.5. The van der Waals surface area contributed by atoms with Crippen molar-refractivity contribution in [3.8, 4) is 0 Å². The summed E-state index contributed by atoms with van der Waals surface area (Å²) < 4.78 is 125. The van der Waals surface area contributed by atoms with E-state index in [0.717, 1.165) is 4.90 Å². The lowest BCUT2D eigenvalue weighted by Gasteiger charge is -2.29. The van der Waals surface area contributed by atoms with Gasteiger partial charge in [-0.1, -0.05) is 6.92 Å². The van der Waals surface area contributed by atoms with Gasteiger partial charge in [0.15, 0.2) is 0 Å². The number of hydrogen-bond donors (Lipinski definition) is 2. The second-order valence-electron chi connectivity index (χ2n) is 6.76. The Morgan fingerprint density at radius 1 is 0.844 bits per heavy atom. The van der Waals surface area contributed by atoms with Crippen molar-refractivity contribution in [3.63, 3.8) is 0 Å². The molecule has 0 aromatic heterocycles. The van der Waals surface area contributed by atoms with Crippen LogP contribution in [0.3, 0.4) is 0 Å². The van der Waals surface area contributed by atoms with Crippen molar-refractivity contribution in [3.05, 3.63) is 0 Å². The van der Waals surface area contributed by atoms with E-state index in [1.807, 2.05) is 0 Å². The van der Waals surface area contributed by atoms with E-state index in [9.17, 15) is 44.0 Å². The molecule has 190 valence electrons. The summed E-state index contributed by atoms with van der Waals surface area (Å²) in [6.07, 6.45) is 0.492. The van der Waals surface area contributed by atoms with Crippen LogP contribution >= 0.6 is 0 Å². The minimum atomic E-state index is -6.08. The van der Waals surface area contributed by atoms with E-state index in [-0.39, 0.29) is 6.73 Å². The van der Waals surface area contributed by atoms with Crippen molar-refractivity contribution in [1.29, 1.82) is 0 Å². The first-order valence-corrected chi connectivity index (χ1v) is 11.5. The normalized spacial score (nSPS) is 13.8. The highest BCUT2D eigenvalue weighted by Crippen LogP contribution is 2.23. The van der Waals surface area contributed by atoms with Crippen LogP contribution in [0.15, 0.2) is 0 Å². The molecule has 0 rings (SSSR count). The van der Waals surface area contributed by atoms with Crippen molar-refractivity contribution in [2.24, 2.45) is 0 Å². The molecule has 0 atom stereocenters. The average molecular weight is 521 g/mol. The highest BCUT2D eigenvalue weighted by Gasteiger charge is 2.55. The molecule has 0 aromatic carbocycles. The lowest BCUT2D eigenvalue weighted by atomic mass is 10.1. The third-order valence-electron chi connectivity index (χ3n) is 3.89. The lowest BCUT2D eigenvalue weighted by molar-refractivity contribution is -0.164. The molecular weight excluding hydrogens is 498 g/mol. The van der Waals surface area contributed by atoms with Gasteiger partial charge in [0.1, 0.15) is 13.2 Å². The van der Waals surface area contributed by atoms with E-state index in [2.05, 4.69) is 9.47 Å². The fraction of sp³-hybridized carbons (Fsp3) is 0.857. The Bertz CT molecular complexity index is 813. The van der Waals surface area contributed by atoms with Crippen LogP contribution in [0, 0.1) is 0 Å². The van der Waals surface area contributed by atoms with E-state index >= 15 is 0 Å². The maximum atomic E-state index is 13.1. The SMILES string of the molecule is CCC(C)(C)OCN(CCOC(=O)C(F)(F)S(=O)(=O)O)CCOC(=O)C(F)(F)S(=O)(=O)O. The van der Waals surface area contributed by atoms with Gasteiger partial charge in [-0.05, 0) is 20.3 Å². The zero-order valence-corrected chi connectivity index (χ0v) is 18.7. The van der Waals surface area contributed by atoms with Gasteiger partial charge in [0, 0.05) is 13.1 Å². The first-order chi connectivity index (χ1) is 14.2. The second-order valence-corrected chi connectivity index (χ2v) is 9.69. The van der Waals surface area contributed by atoms with Crippen LogP contribution < -0.4 is 0 Å². The molecule has 12 nitrogen and oxygen atoms in total. The van der Waals surface area contributed by atoms with Crippen LogP contribution in [0.1, 0.15) is 27.2 Å². The number of carbonyl (C=O) groups is 2. The molecule has 0 fully saturated rings. The van der Waals surface area contributed by atoms with Gasteiger partial charge in [-0.15, -0.1) is 0 Å². The Kier molecular flexibility index (Phi) is 10.5. The van der Waals surface area contributed by atoms with Gasteiger partial charge in [-0.25, -0.2) is 9.59 Å². The number of rotatable bonds is 14. The molecule has 0 bridgehead atoms. The van der Waals surface area contributed by atoms with Crippen LogP contribution in [-0.2, 0) is 44.0 Å². The van der Waals surface area contributed by atoms with E-state index < -0.39 is 74.6 Å². The van der Waals surface area contributed by atoms with E-state index in [0.29, 0.717) is 6.42 Å². The molecule has 0 aliphatic rings. The Labute approximate surface area is 181 Å². The molecule has 0 unspecified atom stereocenters. The molecule has 18 heteroatoms. The predicted molar refractivity (Wildman–Crippen MR) is 96.8 cm³/mol. The second kappa shape index (κ2) is 11.0. The van der Waals surface area contributed by atoms with E-state index in [4.69, 9.17) is 13.8 Å². The Balaban J connectivity index is 5.04. The Morgan fingerprint density at radius 3 is 1.47 bits per heavy atom. The summed E-state index contributed by atoms with van der Waals surface area (Å²) in [4.78, 5) is 23.4. The number of esters is 2. The van der Waals surface area contributed by atoms with Gasteiger partial charge in [0.05, 0.1) is 12.3 Å². The van der Waals surface area contributed by atoms with Gasteiger partial charge in [0.25, 0.3) is 0 Å². The van der Waals surface area contributed by atoms with Gasteiger partial charge < -0.3 is 14.2 Å². The van der Waals surface area contributed by atoms with Crippen molar-refractivity contribution in [2.75, 3.05) is 33.0 Å². The maximum absolute atomic E-state index is 13.1. The minimum absolute atomic E-state index is 0.334. The van der Waals surface area contributed by atoms with Crippen LogP contribution in [0.4, 0.5) is 17.6 Å². The first-order valence-electron chi connectivity index (χ1n) is 8.59. The van der Waals surface area contributed by atoms with Crippen molar-refractivity contribution in [2.45, 2.75) is 43.3 Å². The van der Waals surface area contributed by atoms with Crippen LogP contribution in [0.25, 0.3) is 0 Å². The third-order valence-corrected chi connectivity index (χ3v) is 5.52. The quantitative estimate of drug-likeness (QED) is 0.140. The molecule has 0 aliphatic carbocycles. The summed E-state index contributed by atoms with van der Waals surface area (Å²) in [6.45, 7) is 2.06. The zero-order valence-electron chi connectivity index (χ0n) is 17.1. The monoisotopic (exact) mass is 521 g/mol. The zero-order chi connectivity index (χ0) is 25.6. The average Bonchev–Trinajstić information content (AvgIpc) is 2.63. The smallest absolute Gasteiger partial charge is 0.459 e. The molecular formula is C14H23F4NO11S2. The molecule has 0 spiro atoms. The number of carbonyl (C=O) groups excluding carboxylic acids is 2. The number of halogens is 4. The summed E-state index contributed by atoms with van der Waals surface area (Å²) >= 11 is 0. The number of alkyl halides is 4. The number of nitrogens with zero attached hydrogens (tertiary/aromatic N) is 1. The highest BCUT2D eigenvalue weighted by molar-refractivity contribution is 7.88. The first kappa shape index (κ1) is 30.4. The molecule has 2 N–H and O–H groups in total. The number of hydrogen-bond acceptors (Lipinski definition) is 10.